The maximum Gasteiger partial charge on any atom is 0.240 e. The van der Waals surface area contributed by atoms with Crippen LogP contribution in [0, 0.1) is 0 Å². The van der Waals surface area contributed by atoms with Crippen LogP contribution in [0.25, 0.3) is 0 Å². The third-order valence-electron chi connectivity index (χ3n) is 4.80. The van der Waals surface area contributed by atoms with Crippen molar-refractivity contribution in [2.75, 3.05) is 37.8 Å². The van der Waals surface area contributed by atoms with Crippen molar-refractivity contribution >= 4 is 21.6 Å². The largest absolute Gasteiger partial charge is 0.490 e. The summed E-state index contributed by atoms with van der Waals surface area (Å²) in [7, 11) is -3.73. The second-order valence-corrected chi connectivity index (χ2v) is 8.71. The molecule has 9 heteroatoms. The summed E-state index contributed by atoms with van der Waals surface area (Å²) in [5.41, 5.74) is 1.51. The summed E-state index contributed by atoms with van der Waals surface area (Å²) in [5, 5.41) is 0. The predicted octanol–water partition coefficient (Wildman–Crippen LogP) is 2.75. The highest BCUT2D eigenvalue weighted by Crippen LogP contribution is 2.34. The quantitative estimate of drug-likeness (QED) is 0.634. The second-order valence-electron chi connectivity index (χ2n) is 6.94. The van der Waals surface area contributed by atoms with Gasteiger partial charge in [-0.3, -0.25) is 4.79 Å². The van der Waals surface area contributed by atoms with E-state index in [9.17, 15) is 13.2 Å². The molecule has 0 radical (unpaired) electrons. The van der Waals surface area contributed by atoms with E-state index in [1.807, 2.05) is 32.0 Å². The molecule has 8 nitrogen and oxygen atoms in total. The molecule has 0 saturated carbocycles. The van der Waals surface area contributed by atoms with E-state index in [0.717, 1.165) is 5.56 Å². The maximum atomic E-state index is 12.7. The summed E-state index contributed by atoms with van der Waals surface area (Å²) in [6.07, 6.45) is 0.491. The normalized spacial score (nSPS) is 13.3. The average Bonchev–Trinajstić information content (AvgIpc) is 2.74. The van der Waals surface area contributed by atoms with Crippen LogP contribution < -0.4 is 23.8 Å². The number of ether oxygens (including phenoxy) is 3. The first-order valence-electron chi connectivity index (χ1n) is 10.3. The van der Waals surface area contributed by atoms with Gasteiger partial charge in [0.15, 0.2) is 11.5 Å². The number of rotatable bonds is 9. The van der Waals surface area contributed by atoms with E-state index < -0.39 is 10.0 Å². The van der Waals surface area contributed by atoms with Gasteiger partial charge >= 0.3 is 0 Å². The number of fused-ring (bicyclic) bond motifs is 1. The lowest BCUT2D eigenvalue weighted by Gasteiger charge is -2.28. The van der Waals surface area contributed by atoms with Gasteiger partial charge < -0.3 is 19.1 Å². The summed E-state index contributed by atoms with van der Waals surface area (Å²) >= 11 is 0. The zero-order valence-electron chi connectivity index (χ0n) is 18.0. The smallest absolute Gasteiger partial charge is 0.240 e. The Hall–Kier alpha value is -2.78. The molecular weight excluding hydrogens is 420 g/mol. The highest BCUT2D eigenvalue weighted by Gasteiger charge is 2.24. The predicted molar refractivity (Wildman–Crippen MR) is 118 cm³/mol. The average molecular weight is 449 g/mol. The van der Waals surface area contributed by atoms with Crippen molar-refractivity contribution in [3.8, 4) is 17.2 Å². The van der Waals surface area contributed by atoms with Crippen molar-refractivity contribution in [2.45, 2.75) is 32.1 Å². The van der Waals surface area contributed by atoms with E-state index in [-0.39, 0.29) is 17.3 Å². The van der Waals surface area contributed by atoms with Gasteiger partial charge in [-0.2, -0.15) is 0 Å². The fourth-order valence-electron chi connectivity index (χ4n) is 3.36. The third-order valence-corrected chi connectivity index (χ3v) is 6.26. The molecule has 0 aromatic heterocycles. The molecule has 168 valence electrons. The van der Waals surface area contributed by atoms with Gasteiger partial charge in [-0.05, 0) is 50.1 Å². The summed E-state index contributed by atoms with van der Waals surface area (Å²) in [5.74, 6) is 1.59. The number of sulfonamides is 1. The molecule has 1 aliphatic rings. The molecule has 0 fully saturated rings. The van der Waals surface area contributed by atoms with Gasteiger partial charge in [-0.1, -0.05) is 6.07 Å². The molecule has 1 aliphatic heterocycles. The first kappa shape index (κ1) is 22.9. The topological polar surface area (TPSA) is 94.2 Å². The second kappa shape index (κ2) is 10.0. The molecule has 3 rings (SSSR count). The lowest BCUT2D eigenvalue weighted by atomic mass is 10.1. The molecule has 2 aromatic rings. The molecule has 2 aromatic carbocycles. The van der Waals surface area contributed by atoms with E-state index in [4.69, 9.17) is 14.2 Å². The minimum atomic E-state index is -3.73. The summed E-state index contributed by atoms with van der Waals surface area (Å²) in [4.78, 5) is 13.4. The molecule has 1 amide bonds. The Bertz CT molecular complexity index is 1040. The fourth-order valence-corrected chi connectivity index (χ4v) is 4.41. The summed E-state index contributed by atoms with van der Waals surface area (Å²) in [6.45, 7) is 7.31. The number of anilines is 1. The molecule has 1 heterocycles. The molecule has 0 saturated heterocycles. The van der Waals surface area contributed by atoms with Crippen LogP contribution in [-0.4, -0.2) is 47.2 Å². The number of hydrogen-bond acceptors (Lipinski definition) is 6. The molecule has 0 aliphatic carbocycles. The molecule has 31 heavy (non-hydrogen) atoms. The highest BCUT2D eigenvalue weighted by atomic mass is 32.2. The number of hydrogen-bond donors (Lipinski definition) is 1. The van der Waals surface area contributed by atoms with Crippen LogP contribution in [0.2, 0.25) is 0 Å². The van der Waals surface area contributed by atoms with Gasteiger partial charge in [0.2, 0.25) is 15.9 Å². The zero-order valence-corrected chi connectivity index (χ0v) is 18.8. The van der Waals surface area contributed by atoms with Crippen LogP contribution in [-0.2, 0) is 21.2 Å². The lowest BCUT2D eigenvalue weighted by Crippen LogP contribution is -2.36. The van der Waals surface area contributed by atoms with Crippen LogP contribution in [0.4, 0.5) is 5.69 Å². The highest BCUT2D eigenvalue weighted by molar-refractivity contribution is 7.89. The minimum Gasteiger partial charge on any atom is -0.490 e. The Labute approximate surface area is 183 Å². The number of benzene rings is 2. The van der Waals surface area contributed by atoms with Gasteiger partial charge in [0, 0.05) is 19.5 Å². The molecule has 1 N–H and O–H groups in total. The van der Waals surface area contributed by atoms with E-state index in [0.29, 0.717) is 55.7 Å². The monoisotopic (exact) mass is 448 g/mol. The van der Waals surface area contributed by atoms with Crippen LogP contribution in [0.3, 0.4) is 0 Å². The maximum absolute atomic E-state index is 12.7. The van der Waals surface area contributed by atoms with Crippen LogP contribution in [0.1, 0.15) is 26.3 Å². The van der Waals surface area contributed by atoms with Crippen LogP contribution >= 0.6 is 0 Å². The first-order valence-corrected chi connectivity index (χ1v) is 11.8. The number of nitrogens with one attached hydrogen (secondary N) is 1. The van der Waals surface area contributed by atoms with Gasteiger partial charge in [0.1, 0.15) is 12.4 Å². The van der Waals surface area contributed by atoms with Crippen molar-refractivity contribution in [3.63, 3.8) is 0 Å². The molecule has 0 atom stereocenters. The van der Waals surface area contributed by atoms with E-state index in [1.54, 1.807) is 11.0 Å². The van der Waals surface area contributed by atoms with Gasteiger partial charge in [-0.15, -0.1) is 0 Å². The Morgan fingerprint density at radius 3 is 2.55 bits per heavy atom. The lowest BCUT2D eigenvalue weighted by molar-refractivity contribution is -0.116. The molecular formula is C22H28N2O6S. The Kier molecular flexibility index (Phi) is 7.40. The number of nitrogens with zero attached hydrogens (tertiary/aromatic N) is 1. The number of carbonyl (C=O) groups excluding carboxylic acids is 1. The minimum absolute atomic E-state index is 0.0957. The van der Waals surface area contributed by atoms with Gasteiger partial charge in [0.25, 0.3) is 0 Å². The SMILES string of the molecule is CCOc1ccc(CCNS(=O)(=O)c2ccc3c(c2)OCCN3C(C)=O)cc1OCC. The fraction of sp³-hybridized carbons (Fsp3) is 0.409. The summed E-state index contributed by atoms with van der Waals surface area (Å²) in [6, 6.07) is 10.1. The standard InChI is InChI=1S/C22H28N2O6S/c1-4-28-20-9-6-17(14-22(20)29-5-2)10-11-23-31(26,27)18-7-8-19-21(15-18)30-13-12-24(19)16(3)25/h6-9,14-15,23H,4-5,10-13H2,1-3H3. The van der Waals surface area contributed by atoms with Gasteiger partial charge in [-0.25, -0.2) is 13.1 Å². The Morgan fingerprint density at radius 2 is 1.84 bits per heavy atom. The molecule has 0 bridgehead atoms. The van der Waals surface area contributed by atoms with Crippen molar-refractivity contribution < 1.29 is 27.4 Å². The molecule has 0 unspecified atom stereocenters. The third kappa shape index (κ3) is 5.48. The zero-order chi connectivity index (χ0) is 22.4. The Morgan fingerprint density at radius 1 is 1.10 bits per heavy atom. The first-order chi connectivity index (χ1) is 14.9. The van der Waals surface area contributed by atoms with Crippen LogP contribution in [0.5, 0.6) is 17.2 Å². The van der Waals surface area contributed by atoms with E-state index in [1.165, 1.54) is 19.1 Å². The number of carbonyl (C=O) groups is 1. The van der Waals surface area contributed by atoms with Crippen molar-refractivity contribution in [2.24, 2.45) is 0 Å². The van der Waals surface area contributed by atoms with E-state index in [2.05, 4.69) is 4.72 Å². The Balaban J connectivity index is 1.68. The number of amides is 1. The van der Waals surface area contributed by atoms with Crippen molar-refractivity contribution in [3.05, 3.63) is 42.0 Å². The van der Waals surface area contributed by atoms with Crippen molar-refractivity contribution in [1.82, 2.24) is 4.72 Å². The van der Waals surface area contributed by atoms with Gasteiger partial charge in [0.05, 0.1) is 30.3 Å². The van der Waals surface area contributed by atoms with Crippen LogP contribution in [0.15, 0.2) is 41.3 Å². The van der Waals surface area contributed by atoms with E-state index >= 15 is 0 Å². The van der Waals surface area contributed by atoms with Crippen molar-refractivity contribution in [1.29, 1.82) is 0 Å². The molecule has 0 spiro atoms. The summed E-state index contributed by atoms with van der Waals surface area (Å²) < 4.78 is 44.8.